The van der Waals surface area contributed by atoms with E-state index in [9.17, 15) is 23.2 Å². The van der Waals surface area contributed by atoms with Gasteiger partial charge in [-0.2, -0.15) is 20.5 Å². The number of carbonyl (C=O) groups is 3. The molecule has 2 aromatic carbocycles. The van der Waals surface area contributed by atoms with Crippen molar-refractivity contribution in [2.75, 3.05) is 26.5 Å². The minimum absolute atomic E-state index is 0.109. The molecule has 2 amide bonds. The van der Waals surface area contributed by atoms with Gasteiger partial charge in [0.15, 0.2) is 0 Å². The van der Waals surface area contributed by atoms with Crippen LogP contribution < -0.4 is 5.32 Å². The molecular formula is C23H24F2N2O4S. The molecule has 1 fully saturated rings. The summed E-state index contributed by atoms with van der Waals surface area (Å²) >= 11 is 1.56. The van der Waals surface area contributed by atoms with Crippen molar-refractivity contribution in [3.8, 4) is 0 Å². The number of ether oxygens (including phenoxy) is 1. The molecule has 1 heterocycles. The molecule has 0 aromatic heterocycles. The maximum absolute atomic E-state index is 14.6. The van der Waals surface area contributed by atoms with E-state index in [2.05, 4.69) is 5.32 Å². The van der Waals surface area contributed by atoms with Gasteiger partial charge in [0.1, 0.15) is 6.04 Å². The second-order valence-corrected chi connectivity index (χ2v) is 8.52. The second-order valence-electron chi connectivity index (χ2n) is 7.38. The molecule has 1 N–H and O–H groups in total. The average Bonchev–Trinajstić information content (AvgIpc) is 3.27. The summed E-state index contributed by atoms with van der Waals surface area (Å²) in [5.41, 5.74) is -0.229. The van der Waals surface area contributed by atoms with Crippen molar-refractivity contribution < 1.29 is 27.9 Å². The molecule has 2 atom stereocenters. The number of nitrogens with zero attached hydrogens (tertiary/aromatic N) is 1. The number of halogens is 2. The summed E-state index contributed by atoms with van der Waals surface area (Å²) in [6.07, 6.45) is 2.39. The molecule has 0 saturated carbocycles. The zero-order chi connectivity index (χ0) is 23.3. The van der Waals surface area contributed by atoms with Crippen LogP contribution in [-0.4, -0.2) is 60.4 Å². The van der Waals surface area contributed by atoms with Gasteiger partial charge in [-0.15, -0.1) is 0 Å². The van der Waals surface area contributed by atoms with E-state index in [0.29, 0.717) is 13.0 Å². The number of methoxy groups -OCH3 is 1. The molecule has 0 unspecified atom stereocenters. The molecule has 9 heteroatoms. The smallest absolute Gasteiger partial charge is 0.328 e. The third-order valence-electron chi connectivity index (χ3n) is 5.44. The first-order valence-electron chi connectivity index (χ1n) is 10.00. The van der Waals surface area contributed by atoms with Gasteiger partial charge in [0, 0.05) is 28.5 Å². The monoisotopic (exact) mass is 462 g/mol. The second kappa shape index (κ2) is 10.1. The summed E-state index contributed by atoms with van der Waals surface area (Å²) in [5, 5.41) is 2.61. The van der Waals surface area contributed by atoms with Gasteiger partial charge in [-0.1, -0.05) is 42.5 Å². The van der Waals surface area contributed by atoms with E-state index in [1.807, 2.05) is 6.26 Å². The normalized spacial score (nSPS) is 18.3. The van der Waals surface area contributed by atoms with Gasteiger partial charge in [0.2, 0.25) is 5.91 Å². The highest BCUT2D eigenvalue weighted by Gasteiger charge is 2.40. The number of alkyl halides is 2. The predicted octanol–water partition coefficient (Wildman–Crippen LogP) is 3.06. The lowest BCUT2D eigenvalue weighted by Crippen LogP contribution is -2.46. The van der Waals surface area contributed by atoms with Crippen molar-refractivity contribution in [3.63, 3.8) is 0 Å². The molecule has 2 aromatic rings. The van der Waals surface area contributed by atoms with Gasteiger partial charge in [0.25, 0.3) is 11.8 Å². The standard InChI is InChI=1S/C23H24F2N2O4S/c1-31-22(30)19-12-18(32-2)14-27(19)20(28)13-26-21(29)15-8-10-17(11-9-15)23(24,25)16-6-4-3-5-7-16/h3-11,18-19H,12-14H2,1-2H3,(H,26,29)/t18-,19+/m1/s1. The van der Waals surface area contributed by atoms with E-state index in [1.54, 1.807) is 17.8 Å². The maximum atomic E-state index is 14.6. The zero-order valence-corrected chi connectivity index (χ0v) is 18.5. The SMILES string of the molecule is COC(=O)[C@@H]1C[C@@H](SC)CN1C(=O)CNC(=O)c1ccc(C(F)(F)c2ccccc2)cc1. The zero-order valence-electron chi connectivity index (χ0n) is 17.7. The number of likely N-dealkylation sites (tertiary alicyclic amines) is 1. The lowest BCUT2D eigenvalue weighted by atomic mass is 9.99. The number of hydrogen-bond donors (Lipinski definition) is 1. The van der Waals surface area contributed by atoms with Crippen LogP contribution in [0.1, 0.15) is 27.9 Å². The van der Waals surface area contributed by atoms with Gasteiger partial charge in [0.05, 0.1) is 13.7 Å². The molecule has 1 aliphatic rings. The summed E-state index contributed by atoms with van der Waals surface area (Å²) in [7, 11) is 1.27. The number of carbonyl (C=O) groups excluding carboxylic acids is 3. The fourth-order valence-electron chi connectivity index (χ4n) is 3.61. The third kappa shape index (κ3) is 5.09. The van der Waals surface area contributed by atoms with Gasteiger partial charge in [-0.25, -0.2) is 4.79 Å². The summed E-state index contributed by atoms with van der Waals surface area (Å²) in [6.45, 7) is 0.0776. The van der Waals surface area contributed by atoms with Crippen molar-refractivity contribution in [2.45, 2.75) is 23.6 Å². The van der Waals surface area contributed by atoms with E-state index < -0.39 is 29.7 Å². The Morgan fingerprint density at radius 3 is 2.31 bits per heavy atom. The van der Waals surface area contributed by atoms with Crippen LogP contribution >= 0.6 is 11.8 Å². The molecule has 0 spiro atoms. The molecule has 6 nitrogen and oxygen atoms in total. The van der Waals surface area contributed by atoms with Crippen LogP contribution in [0.4, 0.5) is 8.78 Å². The molecule has 1 aliphatic heterocycles. The van der Waals surface area contributed by atoms with Crippen molar-refractivity contribution in [1.82, 2.24) is 10.2 Å². The van der Waals surface area contributed by atoms with Crippen molar-refractivity contribution in [3.05, 3.63) is 71.3 Å². The molecule has 0 bridgehead atoms. The fourth-order valence-corrected chi connectivity index (χ4v) is 4.29. The van der Waals surface area contributed by atoms with Crippen LogP contribution in [0.5, 0.6) is 0 Å². The Hall–Kier alpha value is -2.94. The largest absolute Gasteiger partial charge is 0.467 e. The average molecular weight is 463 g/mol. The first-order chi connectivity index (χ1) is 15.3. The van der Waals surface area contributed by atoms with Gasteiger partial charge in [-0.05, 0) is 24.8 Å². The molecule has 1 saturated heterocycles. The first-order valence-corrected chi connectivity index (χ1v) is 11.3. The highest BCUT2D eigenvalue weighted by atomic mass is 32.2. The van der Waals surface area contributed by atoms with Crippen molar-refractivity contribution in [1.29, 1.82) is 0 Å². The highest BCUT2D eigenvalue weighted by Crippen LogP contribution is 2.35. The Morgan fingerprint density at radius 1 is 1.09 bits per heavy atom. The maximum Gasteiger partial charge on any atom is 0.328 e. The molecule has 32 heavy (non-hydrogen) atoms. The minimum atomic E-state index is -3.20. The molecule has 0 aliphatic carbocycles. The number of rotatable bonds is 7. The molecule has 3 rings (SSSR count). The quantitative estimate of drug-likeness (QED) is 0.640. The molecular weight excluding hydrogens is 438 g/mol. The Bertz CT molecular complexity index is 970. The van der Waals surface area contributed by atoms with Crippen LogP contribution in [0, 0.1) is 0 Å². The highest BCUT2D eigenvalue weighted by molar-refractivity contribution is 7.99. The molecule has 0 radical (unpaired) electrons. The van der Waals surface area contributed by atoms with E-state index >= 15 is 0 Å². The predicted molar refractivity (Wildman–Crippen MR) is 118 cm³/mol. The van der Waals surface area contributed by atoms with Crippen LogP contribution in [0.2, 0.25) is 0 Å². The summed E-state index contributed by atoms with van der Waals surface area (Å²) in [6, 6.07) is 11.7. The van der Waals surface area contributed by atoms with Gasteiger partial charge < -0.3 is 15.0 Å². The van der Waals surface area contributed by atoms with Crippen molar-refractivity contribution >= 4 is 29.5 Å². The number of hydrogen-bond acceptors (Lipinski definition) is 5. The molecule has 170 valence electrons. The number of nitrogens with one attached hydrogen (secondary N) is 1. The summed E-state index contributed by atoms with van der Waals surface area (Å²) < 4.78 is 34.1. The Balaban J connectivity index is 1.62. The topological polar surface area (TPSA) is 75.7 Å². The van der Waals surface area contributed by atoms with Gasteiger partial charge in [-0.3, -0.25) is 9.59 Å². The lowest BCUT2D eigenvalue weighted by molar-refractivity contribution is -0.150. The van der Waals surface area contributed by atoms with E-state index in [-0.39, 0.29) is 28.5 Å². The number of esters is 1. The lowest BCUT2D eigenvalue weighted by Gasteiger charge is -2.22. The summed E-state index contributed by atoms with van der Waals surface area (Å²) in [5.74, 6) is -4.66. The number of benzene rings is 2. The minimum Gasteiger partial charge on any atom is -0.467 e. The van der Waals surface area contributed by atoms with Gasteiger partial charge >= 0.3 is 5.97 Å². The van der Waals surface area contributed by atoms with E-state index in [1.165, 1.54) is 60.5 Å². The van der Waals surface area contributed by atoms with Crippen molar-refractivity contribution in [2.24, 2.45) is 0 Å². The Kier molecular flexibility index (Phi) is 7.50. The number of amides is 2. The summed E-state index contributed by atoms with van der Waals surface area (Å²) in [4.78, 5) is 38.4. The first kappa shape index (κ1) is 23.7. The fraction of sp³-hybridized carbons (Fsp3) is 0.348. The van der Waals surface area contributed by atoms with E-state index in [4.69, 9.17) is 4.74 Å². The number of thioether (sulfide) groups is 1. The van der Waals surface area contributed by atoms with E-state index in [0.717, 1.165) is 0 Å². The van der Waals surface area contributed by atoms with Crippen LogP contribution in [0.25, 0.3) is 0 Å². The Morgan fingerprint density at radius 2 is 1.72 bits per heavy atom. The van der Waals surface area contributed by atoms with Crippen LogP contribution in [0.15, 0.2) is 54.6 Å². The van der Waals surface area contributed by atoms with Crippen LogP contribution in [0.3, 0.4) is 0 Å². The Labute approximate surface area is 189 Å². The third-order valence-corrected chi connectivity index (χ3v) is 6.44. The van der Waals surface area contributed by atoms with Crippen LogP contribution in [-0.2, 0) is 20.2 Å².